The molecular formula is C13H9ClFN3OS. The highest BCUT2D eigenvalue weighted by atomic mass is 35.5. The summed E-state index contributed by atoms with van der Waals surface area (Å²) in [5.41, 5.74) is 5.93. The molecule has 102 valence electrons. The third kappa shape index (κ3) is 3.28. The number of rotatable bonds is 3. The van der Waals surface area contributed by atoms with Crippen LogP contribution in [0.25, 0.3) is 0 Å². The van der Waals surface area contributed by atoms with Gasteiger partial charge in [-0.05, 0) is 30.3 Å². The van der Waals surface area contributed by atoms with E-state index in [1.54, 1.807) is 0 Å². The highest BCUT2D eigenvalue weighted by Gasteiger charge is 2.11. The van der Waals surface area contributed by atoms with Gasteiger partial charge in [0.2, 0.25) is 0 Å². The number of carbonyl (C=O) groups is 1. The number of benzene rings is 1. The maximum atomic E-state index is 13.8. The van der Waals surface area contributed by atoms with E-state index in [-0.39, 0.29) is 16.4 Å². The standard InChI is InChI=1S/C13H9ClFN3OS/c14-8-2-4-11(17-6-8)13(19)18-10-3-1-7(12(16)20)5-9(10)15/h1-6H,(H2,16,20)(H,18,19). The van der Waals surface area contributed by atoms with Gasteiger partial charge < -0.3 is 11.1 Å². The maximum absolute atomic E-state index is 13.8. The molecule has 2 aromatic rings. The minimum Gasteiger partial charge on any atom is -0.389 e. The molecule has 20 heavy (non-hydrogen) atoms. The summed E-state index contributed by atoms with van der Waals surface area (Å²) in [4.78, 5) is 15.8. The number of halogens is 2. The Balaban J connectivity index is 2.19. The lowest BCUT2D eigenvalue weighted by atomic mass is 10.2. The number of pyridine rings is 1. The third-order valence-corrected chi connectivity index (χ3v) is 2.92. The molecule has 3 N–H and O–H groups in total. The van der Waals surface area contributed by atoms with E-state index >= 15 is 0 Å². The van der Waals surface area contributed by atoms with Crippen LogP contribution in [0.3, 0.4) is 0 Å². The quantitative estimate of drug-likeness (QED) is 0.856. The second-order valence-corrected chi connectivity index (χ2v) is 4.75. The second kappa shape index (κ2) is 5.94. The normalized spacial score (nSPS) is 10.1. The van der Waals surface area contributed by atoms with Gasteiger partial charge in [0.15, 0.2) is 0 Å². The molecule has 0 atom stereocenters. The van der Waals surface area contributed by atoms with Gasteiger partial charge >= 0.3 is 0 Å². The molecule has 0 saturated heterocycles. The van der Waals surface area contributed by atoms with E-state index in [2.05, 4.69) is 10.3 Å². The van der Waals surface area contributed by atoms with Crippen molar-refractivity contribution in [2.75, 3.05) is 5.32 Å². The second-order valence-electron chi connectivity index (χ2n) is 3.87. The van der Waals surface area contributed by atoms with E-state index in [1.807, 2.05) is 0 Å². The number of anilines is 1. The van der Waals surface area contributed by atoms with Gasteiger partial charge in [0, 0.05) is 11.8 Å². The number of amides is 1. The Labute approximate surface area is 124 Å². The van der Waals surface area contributed by atoms with Crippen molar-refractivity contribution in [2.24, 2.45) is 5.73 Å². The van der Waals surface area contributed by atoms with Crippen LogP contribution in [0.4, 0.5) is 10.1 Å². The first-order chi connectivity index (χ1) is 9.47. The lowest BCUT2D eigenvalue weighted by Crippen LogP contribution is -2.15. The molecule has 7 heteroatoms. The molecule has 1 aromatic heterocycles. The SMILES string of the molecule is NC(=S)c1ccc(NC(=O)c2ccc(Cl)cn2)c(F)c1. The fourth-order valence-electron chi connectivity index (χ4n) is 1.47. The van der Waals surface area contributed by atoms with E-state index < -0.39 is 11.7 Å². The van der Waals surface area contributed by atoms with Gasteiger partial charge in [0.25, 0.3) is 5.91 Å². The maximum Gasteiger partial charge on any atom is 0.274 e. The molecule has 4 nitrogen and oxygen atoms in total. The van der Waals surface area contributed by atoms with Gasteiger partial charge in [-0.15, -0.1) is 0 Å². The van der Waals surface area contributed by atoms with Crippen LogP contribution in [0, 0.1) is 5.82 Å². The van der Waals surface area contributed by atoms with Crippen molar-refractivity contribution in [2.45, 2.75) is 0 Å². The van der Waals surface area contributed by atoms with Gasteiger partial charge in [-0.25, -0.2) is 9.37 Å². The zero-order chi connectivity index (χ0) is 14.7. The van der Waals surface area contributed by atoms with E-state index in [0.717, 1.165) is 6.07 Å². The van der Waals surface area contributed by atoms with Gasteiger partial charge in [0.1, 0.15) is 16.5 Å². The number of hydrogen-bond donors (Lipinski definition) is 2. The Bertz CT molecular complexity index is 676. The highest BCUT2D eigenvalue weighted by Crippen LogP contribution is 2.17. The van der Waals surface area contributed by atoms with E-state index in [1.165, 1.54) is 30.5 Å². The largest absolute Gasteiger partial charge is 0.389 e. The number of thiocarbonyl (C=S) groups is 1. The van der Waals surface area contributed by atoms with Crippen molar-refractivity contribution in [3.05, 3.63) is 58.6 Å². The Morgan fingerprint density at radius 3 is 2.65 bits per heavy atom. The van der Waals surface area contributed by atoms with Crippen LogP contribution in [0.1, 0.15) is 16.1 Å². The summed E-state index contributed by atoms with van der Waals surface area (Å²) in [5.74, 6) is -1.17. The zero-order valence-electron chi connectivity index (χ0n) is 10.1. The third-order valence-electron chi connectivity index (χ3n) is 2.46. The monoisotopic (exact) mass is 309 g/mol. The Kier molecular flexibility index (Phi) is 4.26. The fourth-order valence-corrected chi connectivity index (χ4v) is 1.70. The molecule has 0 fully saturated rings. The molecule has 0 aliphatic carbocycles. The molecule has 1 aromatic carbocycles. The topological polar surface area (TPSA) is 68.0 Å². The van der Waals surface area contributed by atoms with Crippen molar-refractivity contribution in [3.8, 4) is 0 Å². The number of nitrogens with two attached hydrogens (primary N) is 1. The predicted molar refractivity (Wildman–Crippen MR) is 79.5 cm³/mol. The molecule has 1 amide bonds. The summed E-state index contributed by atoms with van der Waals surface area (Å²) in [6.07, 6.45) is 1.34. The van der Waals surface area contributed by atoms with Crippen LogP contribution in [0.5, 0.6) is 0 Å². The Hall–Kier alpha value is -2.05. The predicted octanol–water partition coefficient (Wildman–Crippen LogP) is 2.76. The summed E-state index contributed by atoms with van der Waals surface area (Å²) in [5, 5.41) is 2.82. The van der Waals surface area contributed by atoms with E-state index in [0.29, 0.717) is 10.6 Å². The average molecular weight is 310 g/mol. The van der Waals surface area contributed by atoms with Crippen molar-refractivity contribution >= 4 is 40.4 Å². The van der Waals surface area contributed by atoms with Crippen LogP contribution < -0.4 is 11.1 Å². The first kappa shape index (κ1) is 14.4. The molecule has 0 aliphatic rings. The molecule has 0 unspecified atom stereocenters. The molecule has 2 rings (SSSR count). The summed E-state index contributed by atoms with van der Waals surface area (Å²) in [7, 11) is 0. The van der Waals surface area contributed by atoms with Gasteiger partial charge in [-0.3, -0.25) is 4.79 Å². The summed E-state index contributed by atoms with van der Waals surface area (Å²) < 4.78 is 13.8. The Morgan fingerprint density at radius 1 is 1.35 bits per heavy atom. The molecule has 1 heterocycles. The first-order valence-electron chi connectivity index (χ1n) is 5.49. The summed E-state index contributed by atoms with van der Waals surface area (Å²) in [6, 6.07) is 7.04. The number of nitrogens with zero attached hydrogens (tertiary/aromatic N) is 1. The average Bonchev–Trinajstić information content (AvgIpc) is 2.41. The lowest BCUT2D eigenvalue weighted by molar-refractivity contribution is 0.102. The molecule has 0 saturated carbocycles. The molecule has 0 spiro atoms. The van der Waals surface area contributed by atoms with Gasteiger partial charge in [-0.2, -0.15) is 0 Å². The summed E-state index contributed by atoms with van der Waals surface area (Å²) in [6.45, 7) is 0. The van der Waals surface area contributed by atoms with Crippen molar-refractivity contribution in [1.29, 1.82) is 0 Å². The fraction of sp³-hybridized carbons (Fsp3) is 0. The first-order valence-corrected chi connectivity index (χ1v) is 6.28. The smallest absolute Gasteiger partial charge is 0.274 e. The van der Waals surface area contributed by atoms with E-state index in [9.17, 15) is 9.18 Å². The Morgan fingerprint density at radius 2 is 2.10 bits per heavy atom. The number of aromatic nitrogens is 1. The highest BCUT2D eigenvalue weighted by molar-refractivity contribution is 7.80. The number of hydrogen-bond acceptors (Lipinski definition) is 3. The summed E-state index contributed by atoms with van der Waals surface area (Å²) >= 11 is 10.4. The van der Waals surface area contributed by atoms with Crippen LogP contribution in [0.2, 0.25) is 5.02 Å². The van der Waals surface area contributed by atoms with Crippen molar-refractivity contribution in [3.63, 3.8) is 0 Å². The van der Waals surface area contributed by atoms with E-state index in [4.69, 9.17) is 29.6 Å². The number of nitrogens with one attached hydrogen (secondary N) is 1. The van der Waals surface area contributed by atoms with Crippen molar-refractivity contribution < 1.29 is 9.18 Å². The minimum absolute atomic E-state index is 0.0201. The molecular weight excluding hydrogens is 301 g/mol. The molecule has 0 radical (unpaired) electrons. The number of carbonyl (C=O) groups excluding carboxylic acids is 1. The van der Waals surface area contributed by atoms with Crippen LogP contribution in [-0.4, -0.2) is 15.9 Å². The van der Waals surface area contributed by atoms with Gasteiger partial charge in [0.05, 0.1) is 10.7 Å². The van der Waals surface area contributed by atoms with Crippen LogP contribution >= 0.6 is 23.8 Å². The van der Waals surface area contributed by atoms with Crippen molar-refractivity contribution in [1.82, 2.24) is 4.98 Å². The van der Waals surface area contributed by atoms with Gasteiger partial charge in [-0.1, -0.05) is 23.8 Å². The molecule has 0 aliphatic heterocycles. The minimum atomic E-state index is -0.627. The zero-order valence-corrected chi connectivity index (χ0v) is 11.6. The lowest BCUT2D eigenvalue weighted by Gasteiger charge is -2.07. The molecule has 0 bridgehead atoms. The van der Waals surface area contributed by atoms with Crippen LogP contribution in [-0.2, 0) is 0 Å². The van der Waals surface area contributed by atoms with Crippen LogP contribution in [0.15, 0.2) is 36.5 Å².